The number of benzene rings is 3. The smallest absolute Gasteiger partial charge is 0.315 e. The van der Waals surface area contributed by atoms with Crippen molar-refractivity contribution in [3.8, 4) is 5.75 Å². The van der Waals surface area contributed by atoms with Crippen LogP contribution < -0.4 is 20.7 Å². The van der Waals surface area contributed by atoms with Gasteiger partial charge in [-0.25, -0.2) is 9.78 Å². The number of nitrogens with one attached hydrogen (secondary N) is 3. The Morgan fingerprint density at radius 3 is 2.46 bits per heavy atom. The highest BCUT2D eigenvalue weighted by atomic mass is 35.5. The van der Waals surface area contributed by atoms with Gasteiger partial charge in [0.25, 0.3) is 0 Å². The van der Waals surface area contributed by atoms with Crippen LogP contribution in [0.5, 0.6) is 5.75 Å². The maximum absolute atomic E-state index is 11.9. The van der Waals surface area contributed by atoms with Crippen molar-refractivity contribution in [3.05, 3.63) is 77.3 Å². The number of fused-ring (bicyclic) bond motifs is 2. The molecule has 7 heteroatoms. The summed E-state index contributed by atoms with van der Waals surface area (Å²) in [6.45, 7) is 2.06. The molecule has 0 atom stereocenters. The fourth-order valence-electron chi connectivity index (χ4n) is 4.07. The van der Waals surface area contributed by atoms with E-state index in [9.17, 15) is 4.79 Å². The Bertz CT molecular complexity index is 1280. The van der Waals surface area contributed by atoms with E-state index in [0.717, 1.165) is 71.0 Å². The molecule has 35 heavy (non-hydrogen) atoms. The first-order valence-electron chi connectivity index (χ1n) is 12.0. The van der Waals surface area contributed by atoms with Crippen molar-refractivity contribution in [3.63, 3.8) is 0 Å². The predicted octanol–water partition coefficient (Wildman–Crippen LogP) is 6.52. The van der Waals surface area contributed by atoms with Crippen LogP contribution in [0, 0.1) is 0 Å². The molecule has 0 saturated heterocycles. The minimum Gasteiger partial charge on any atom is -0.497 e. The number of unbranched alkanes of at least 4 members (excludes halogenated alkanes) is 3. The molecule has 0 aliphatic rings. The van der Waals surface area contributed by atoms with Crippen LogP contribution in [-0.4, -0.2) is 31.2 Å². The van der Waals surface area contributed by atoms with E-state index in [1.54, 1.807) is 7.11 Å². The number of amides is 2. The zero-order valence-corrected chi connectivity index (χ0v) is 20.7. The molecule has 0 spiro atoms. The number of urea groups is 1. The van der Waals surface area contributed by atoms with Gasteiger partial charge in [-0.05, 0) is 54.8 Å². The Morgan fingerprint density at radius 1 is 0.857 bits per heavy atom. The topological polar surface area (TPSA) is 75.3 Å². The third-order valence-electron chi connectivity index (χ3n) is 5.93. The SMILES string of the molecule is COc1ccc2nc3cc(Cl)ccc3c(NCCCCCCNC(=O)NCc3ccccc3)c2c1. The summed E-state index contributed by atoms with van der Waals surface area (Å²) in [5.74, 6) is 0.802. The number of methoxy groups -OCH3 is 1. The van der Waals surface area contributed by atoms with Crippen LogP contribution in [0.15, 0.2) is 66.7 Å². The standard InChI is InChI=1S/C28H31ClN4O2/c1-35-22-12-14-25-24(18-22)27(23-13-11-21(29)17-26(23)33-25)30-15-7-2-3-8-16-31-28(34)32-19-20-9-5-4-6-10-20/h4-6,9-14,17-18H,2-3,7-8,15-16,19H2,1H3,(H,30,33)(H2,31,32,34). The Hall–Kier alpha value is -3.51. The summed E-state index contributed by atoms with van der Waals surface area (Å²) in [4.78, 5) is 16.7. The maximum atomic E-state index is 11.9. The molecule has 3 aromatic carbocycles. The van der Waals surface area contributed by atoms with E-state index < -0.39 is 0 Å². The van der Waals surface area contributed by atoms with Gasteiger partial charge in [0.2, 0.25) is 0 Å². The Morgan fingerprint density at radius 2 is 1.66 bits per heavy atom. The summed E-state index contributed by atoms with van der Waals surface area (Å²) in [5, 5.41) is 12.2. The van der Waals surface area contributed by atoms with Gasteiger partial charge in [-0.15, -0.1) is 0 Å². The quantitative estimate of drug-likeness (QED) is 0.165. The number of rotatable bonds is 11. The first kappa shape index (κ1) is 24.6. The third kappa shape index (κ3) is 6.76. The monoisotopic (exact) mass is 490 g/mol. The van der Waals surface area contributed by atoms with Crippen LogP contribution in [0.3, 0.4) is 0 Å². The van der Waals surface area contributed by atoms with Crippen LogP contribution in [0.1, 0.15) is 31.2 Å². The molecule has 0 bridgehead atoms. The number of carbonyl (C=O) groups excluding carboxylic acids is 1. The number of aromatic nitrogens is 1. The van der Waals surface area contributed by atoms with E-state index in [2.05, 4.69) is 16.0 Å². The Labute approximate surface area is 211 Å². The number of nitrogens with zero attached hydrogens (tertiary/aromatic N) is 1. The summed E-state index contributed by atoms with van der Waals surface area (Å²) >= 11 is 6.21. The van der Waals surface area contributed by atoms with Crippen molar-refractivity contribution in [2.24, 2.45) is 0 Å². The highest BCUT2D eigenvalue weighted by Crippen LogP contribution is 2.34. The summed E-state index contributed by atoms with van der Waals surface area (Å²) in [6.07, 6.45) is 4.12. The van der Waals surface area contributed by atoms with Gasteiger partial charge in [0, 0.05) is 35.4 Å². The first-order chi connectivity index (χ1) is 17.1. The van der Waals surface area contributed by atoms with Gasteiger partial charge in [0.1, 0.15) is 5.75 Å². The molecule has 0 aliphatic heterocycles. The molecular weight excluding hydrogens is 460 g/mol. The molecule has 6 nitrogen and oxygen atoms in total. The van der Waals surface area contributed by atoms with Crippen molar-refractivity contribution in [1.82, 2.24) is 15.6 Å². The molecule has 0 aliphatic carbocycles. The molecule has 1 aromatic heterocycles. The van der Waals surface area contributed by atoms with Gasteiger partial charge in [0.05, 0.1) is 23.8 Å². The Kier molecular flexibility index (Phi) is 8.63. The second-order valence-corrected chi connectivity index (χ2v) is 8.90. The van der Waals surface area contributed by atoms with E-state index in [1.165, 1.54) is 0 Å². The van der Waals surface area contributed by atoms with Crippen molar-refractivity contribution in [2.75, 3.05) is 25.5 Å². The minimum absolute atomic E-state index is 0.123. The number of halogens is 1. The lowest BCUT2D eigenvalue weighted by atomic mass is 10.1. The second kappa shape index (κ2) is 12.3. The molecule has 2 amide bonds. The van der Waals surface area contributed by atoms with Crippen molar-refractivity contribution in [2.45, 2.75) is 32.2 Å². The summed E-state index contributed by atoms with van der Waals surface area (Å²) in [7, 11) is 1.67. The zero-order valence-electron chi connectivity index (χ0n) is 19.9. The molecule has 4 rings (SSSR count). The number of anilines is 1. The van der Waals surface area contributed by atoms with Crippen molar-refractivity contribution in [1.29, 1.82) is 0 Å². The largest absolute Gasteiger partial charge is 0.497 e. The van der Waals surface area contributed by atoms with E-state index >= 15 is 0 Å². The first-order valence-corrected chi connectivity index (χ1v) is 12.4. The Balaban J connectivity index is 1.23. The van der Waals surface area contributed by atoms with Crippen LogP contribution in [0.2, 0.25) is 5.02 Å². The average Bonchev–Trinajstić information content (AvgIpc) is 2.88. The van der Waals surface area contributed by atoms with Crippen LogP contribution in [0.4, 0.5) is 10.5 Å². The minimum atomic E-state index is -0.123. The fourth-order valence-corrected chi connectivity index (χ4v) is 4.24. The summed E-state index contributed by atoms with van der Waals surface area (Å²) < 4.78 is 5.43. The molecule has 4 aromatic rings. The normalized spacial score (nSPS) is 10.9. The lowest BCUT2D eigenvalue weighted by Crippen LogP contribution is -2.35. The van der Waals surface area contributed by atoms with E-state index in [-0.39, 0.29) is 6.03 Å². The fraction of sp³-hybridized carbons (Fsp3) is 0.286. The van der Waals surface area contributed by atoms with Gasteiger partial charge in [-0.1, -0.05) is 54.8 Å². The lowest BCUT2D eigenvalue weighted by molar-refractivity contribution is 0.240. The number of carbonyl (C=O) groups is 1. The number of ether oxygens (including phenoxy) is 1. The predicted molar refractivity (Wildman–Crippen MR) is 144 cm³/mol. The highest BCUT2D eigenvalue weighted by molar-refractivity contribution is 6.31. The average molecular weight is 491 g/mol. The molecule has 1 heterocycles. The van der Waals surface area contributed by atoms with Crippen molar-refractivity contribution < 1.29 is 9.53 Å². The van der Waals surface area contributed by atoms with Gasteiger partial charge in [-0.2, -0.15) is 0 Å². The van der Waals surface area contributed by atoms with Crippen LogP contribution >= 0.6 is 11.6 Å². The number of hydrogen-bond donors (Lipinski definition) is 3. The molecule has 0 radical (unpaired) electrons. The molecule has 0 fully saturated rings. The summed E-state index contributed by atoms with van der Waals surface area (Å²) in [5.41, 5.74) is 3.91. The van der Waals surface area contributed by atoms with E-state index in [0.29, 0.717) is 18.1 Å². The number of hydrogen-bond acceptors (Lipinski definition) is 4. The molecule has 0 saturated carbocycles. The van der Waals surface area contributed by atoms with Gasteiger partial charge >= 0.3 is 6.03 Å². The maximum Gasteiger partial charge on any atom is 0.315 e. The molecule has 0 unspecified atom stereocenters. The van der Waals surface area contributed by atoms with Crippen molar-refractivity contribution >= 4 is 45.1 Å². The molecular formula is C28H31ClN4O2. The highest BCUT2D eigenvalue weighted by Gasteiger charge is 2.11. The van der Waals surface area contributed by atoms with Gasteiger partial charge < -0.3 is 20.7 Å². The summed E-state index contributed by atoms with van der Waals surface area (Å²) in [6, 6.07) is 21.5. The molecule has 182 valence electrons. The lowest BCUT2D eigenvalue weighted by Gasteiger charge is -2.14. The van der Waals surface area contributed by atoms with Crippen LogP contribution in [0.25, 0.3) is 21.8 Å². The van der Waals surface area contributed by atoms with Gasteiger partial charge in [0.15, 0.2) is 0 Å². The molecule has 3 N–H and O–H groups in total. The van der Waals surface area contributed by atoms with Crippen LogP contribution in [-0.2, 0) is 6.54 Å². The van der Waals surface area contributed by atoms with E-state index in [4.69, 9.17) is 21.3 Å². The number of pyridine rings is 1. The van der Waals surface area contributed by atoms with Gasteiger partial charge in [-0.3, -0.25) is 0 Å². The second-order valence-electron chi connectivity index (χ2n) is 8.47. The third-order valence-corrected chi connectivity index (χ3v) is 6.16. The van der Waals surface area contributed by atoms with E-state index in [1.807, 2.05) is 66.7 Å². The zero-order chi connectivity index (χ0) is 24.5.